The molecule has 3 nitrogen and oxygen atoms in total. The molecule has 2 aliphatic heterocycles. The first-order valence-electron chi connectivity index (χ1n) is 6.88. The molecule has 0 aromatic carbocycles. The molecule has 1 unspecified atom stereocenters. The first-order chi connectivity index (χ1) is 7.88. The van der Waals surface area contributed by atoms with Crippen LogP contribution in [0.1, 0.15) is 44.9 Å². The third-order valence-corrected chi connectivity index (χ3v) is 4.43. The molecule has 1 saturated carbocycles. The van der Waals surface area contributed by atoms with Gasteiger partial charge in [-0.15, -0.1) is 0 Å². The van der Waals surface area contributed by atoms with Gasteiger partial charge in [0.2, 0.25) is 0 Å². The Hall–Kier alpha value is -0.120. The summed E-state index contributed by atoms with van der Waals surface area (Å²) in [6, 6.07) is 0. The number of hydrogen-bond donors (Lipinski definition) is 1. The van der Waals surface area contributed by atoms with E-state index in [1.807, 2.05) is 0 Å². The average Bonchev–Trinajstić information content (AvgIpc) is 2.75. The van der Waals surface area contributed by atoms with Gasteiger partial charge in [-0.05, 0) is 38.8 Å². The van der Waals surface area contributed by atoms with Gasteiger partial charge in [0.05, 0.1) is 12.2 Å². The highest BCUT2D eigenvalue weighted by Gasteiger charge is 2.44. The lowest BCUT2D eigenvalue weighted by Gasteiger charge is -2.33. The quantitative estimate of drug-likeness (QED) is 0.741. The van der Waals surface area contributed by atoms with E-state index in [9.17, 15) is 0 Å². The zero-order valence-corrected chi connectivity index (χ0v) is 10.0. The van der Waals surface area contributed by atoms with Crippen LogP contribution in [0.25, 0.3) is 0 Å². The first-order valence-corrected chi connectivity index (χ1v) is 6.88. The monoisotopic (exact) mass is 225 g/mol. The molecule has 0 bridgehead atoms. The van der Waals surface area contributed by atoms with Crippen molar-refractivity contribution in [3.63, 3.8) is 0 Å². The van der Waals surface area contributed by atoms with Crippen molar-refractivity contribution in [2.24, 2.45) is 5.92 Å². The number of rotatable bonds is 1. The van der Waals surface area contributed by atoms with Gasteiger partial charge in [-0.1, -0.05) is 19.3 Å². The molecule has 92 valence electrons. The minimum atomic E-state index is 0.0629. The minimum Gasteiger partial charge on any atom is -0.349 e. The van der Waals surface area contributed by atoms with Crippen LogP contribution in [0.2, 0.25) is 0 Å². The Balaban J connectivity index is 1.58. The van der Waals surface area contributed by atoms with Crippen LogP contribution in [-0.4, -0.2) is 31.6 Å². The maximum atomic E-state index is 6.27. The Morgan fingerprint density at radius 2 is 1.75 bits per heavy atom. The zero-order chi connectivity index (χ0) is 10.8. The number of hydrogen-bond acceptors (Lipinski definition) is 3. The van der Waals surface area contributed by atoms with Gasteiger partial charge in [0.1, 0.15) is 0 Å². The Morgan fingerprint density at radius 3 is 2.50 bits per heavy atom. The fourth-order valence-electron chi connectivity index (χ4n) is 3.33. The van der Waals surface area contributed by atoms with Gasteiger partial charge < -0.3 is 14.8 Å². The van der Waals surface area contributed by atoms with Crippen molar-refractivity contribution in [1.29, 1.82) is 0 Å². The molecule has 0 radical (unpaired) electrons. The maximum absolute atomic E-state index is 6.27. The molecular formula is C13H23NO2. The minimum absolute atomic E-state index is 0.0629. The summed E-state index contributed by atoms with van der Waals surface area (Å²) in [4.78, 5) is 0. The zero-order valence-electron chi connectivity index (χ0n) is 10.0. The van der Waals surface area contributed by atoms with Crippen LogP contribution in [-0.2, 0) is 9.47 Å². The van der Waals surface area contributed by atoms with Crippen LogP contribution in [0.4, 0.5) is 0 Å². The second-order valence-corrected chi connectivity index (χ2v) is 5.63. The Labute approximate surface area is 97.9 Å². The molecule has 3 heteroatoms. The maximum Gasteiger partial charge on any atom is 0.161 e. The Bertz CT molecular complexity index is 232. The number of ether oxygens (including phenoxy) is 2. The van der Waals surface area contributed by atoms with Crippen molar-refractivity contribution < 1.29 is 9.47 Å². The van der Waals surface area contributed by atoms with E-state index in [1.165, 1.54) is 32.1 Å². The van der Waals surface area contributed by atoms with Crippen molar-refractivity contribution in [1.82, 2.24) is 5.32 Å². The van der Waals surface area contributed by atoms with Crippen LogP contribution >= 0.6 is 0 Å². The molecule has 0 amide bonds. The van der Waals surface area contributed by atoms with E-state index in [4.69, 9.17) is 9.47 Å². The molecule has 0 aromatic rings. The van der Waals surface area contributed by atoms with Crippen molar-refractivity contribution in [3.8, 4) is 0 Å². The highest BCUT2D eigenvalue weighted by atomic mass is 16.7. The lowest BCUT2D eigenvalue weighted by molar-refractivity contribution is -0.134. The lowest BCUT2D eigenvalue weighted by atomic mass is 9.88. The van der Waals surface area contributed by atoms with E-state index in [1.54, 1.807) is 0 Å². The van der Waals surface area contributed by atoms with E-state index >= 15 is 0 Å². The second-order valence-electron chi connectivity index (χ2n) is 5.63. The first kappa shape index (κ1) is 11.0. The highest BCUT2D eigenvalue weighted by Crippen LogP contribution is 2.38. The predicted octanol–water partition coefficient (Wildman–Crippen LogP) is 2.06. The molecule has 2 saturated heterocycles. The summed E-state index contributed by atoms with van der Waals surface area (Å²) < 4.78 is 12.2. The van der Waals surface area contributed by atoms with Gasteiger partial charge >= 0.3 is 0 Å². The van der Waals surface area contributed by atoms with Crippen molar-refractivity contribution in [3.05, 3.63) is 0 Å². The molecule has 1 aliphatic carbocycles. The third kappa shape index (κ3) is 2.13. The fraction of sp³-hybridized carbons (Fsp3) is 1.00. The molecule has 16 heavy (non-hydrogen) atoms. The van der Waals surface area contributed by atoms with Crippen LogP contribution in [0, 0.1) is 5.92 Å². The van der Waals surface area contributed by atoms with Crippen LogP contribution < -0.4 is 5.32 Å². The molecule has 2 heterocycles. The topological polar surface area (TPSA) is 30.5 Å². The van der Waals surface area contributed by atoms with Crippen LogP contribution in [0.15, 0.2) is 0 Å². The van der Waals surface area contributed by atoms with Crippen LogP contribution in [0.5, 0.6) is 0 Å². The molecule has 1 spiro atoms. The molecule has 1 atom stereocenters. The fourth-order valence-corrected chi connectivity index (χ4v) is 3.33. The summed E-state index contributed by atoms with van der Waals surface area (Å²) in [6.45, 7) is 3.00. The predicted molar refractivity (Wildman–Crippen MR) is 62.2 cm³/mol. The smallest absolute Gasteiger partial charge is 0.161 e. The summed E-state index contributed by atoms with van der Waals surface area (Å²) in [7, 11) is 0. The standard InChI is InChI=1S/C13H23NO2/c1-2-4-11(5-3-1)12-15-10-13(16-12)6-8-14-9-7-13/h11-12,14H,1-10H2. The van der Waals surface area contributed by atoms with Crippen molar-refractivity contribution >= 4 is 0 Å². The van der Waals surface area contributed by atoms with Gasteiger partial charge in [0.25, 0.3) is 0 Å². The molecule has 3 aliphatic rings. The van der Waals surface area contributed by atoms with Crippen LogP contribution in [0.3, 0.4) is 0 Å². The normalized spacial score (nSPS) is 35.6. The third-order valence-electron chi connectivity index (χ3n) is 4.43. The van der Waals surface area contributed by atoms with Crippen molar-refractivity contribution in [2.45, 2.75) is 56.8 Å². The number of nitrogens with one attached hydrogen (secondary N) is 1. The lowest BCUT2D eigenvalue weighted by Crippen LogP contribution is -2.44. The van der Waals surface area contributed by atoms with E-state index in [0.29, 0.717) is 5.92 Å². The van der Waals surface area contributed by atoms with Gasteiger partial charge in [-0.3, -0.25) is 0 Å². The van der Waals surface area contributed by atoms with Gasteiger partial charge in [-0.25, -0.2) is 0 Å². The Morgan fingerprint density at radius 1 is 1.00 bits per heavy atom. The van der Waals surface area contributed by atoms with E-state index in [0.717, 1.165) is 32.5 Å². The highest BCUT2D eigenvalue weighted by molar-refractivity contribution is 4.91. The summed E-state index contributed by atoms with van der Waals surface area (Å²) in [5.41, 5.74) is 0.0629. The summed E-state index contributed by atoms with van der Waals surface area (Å²) >= 11 is 0. The van der Waals surface area contributed by atoms with Gasteiger partial charge in [-0.2, -0.15) is 0 Å². The molecular weight excluding hydrogens is 202 g/mol. The summed E-state index contributed by atoms with van der Waals surface area (Å²) in [6.07, 6.45) is 9.09. The molecule has 0 aromatic heterocycles. The largest absolute Gasteiger partial charge is 0.349 e. The summed E-state index contributed by atoms with van der Waals surface area (Å²) in [5.74, 6) is 0.669. The van der Waals surface area contributed by atoms with Gasteiger partial charge in [0, 0.05) is 5.92 Å². The number of piperidine rings is 1. The molecule has 3 fully saturated rings. The molecule has 1 N–H and O–H groups in total. The Kier molecular flexibility index (Phi) is 3.18. The SMILES string of the molecule is C1CCC(C2OCC3(CCNCC3)O2)CC1. The van der Waals surface area contributed by atoms with E-state index in [2.05, 4.69) is 5.32 Å². The summed E-state index contributed by atoms with van der Waals surface area (Å²) in [5, 5.41) is 3.39. The van der Waals surface area contributed by atoms with E-state index < -0.39 is 0 Å². The average molecular weight is 225 g/mol. The molecule has 3 rings (SSSR count). The van der Waals surface area contributed by atoms with Crippen molar-refractivity contribution in [2.75, 3.05) is 19.7 Å². The van der Waals surface area contributed by atoms with E-state index in [-0.39, 0.29) is 11.9 Å². The second kappa shape index (κ2) is 4.63. The van der Waals surface area contributed by atoms with Gasteiger partial charge in [0.15, 0.2) is 6.29 Å².